The molecule has 0 saturated carbocycles. The van der Waals surface area contributed by atoms with E-state index in [0.29, 0.717) is 0 Å². The zero-order valence-electron chi connectivity index (χ0n) is 8.36. The molecule has 0 saturated heterocycles. The van der Waals surface area contributed by atoms with Crippen molar-refractivity contribution in [2.75, 3.05) is 7.11 Å². The van der Waals surface area contributed by atoms with Crippen molar-refractivity contribution in [3.8, 4) is 0 Å². The highest BCUT2D eigenvalue weighted by molar-refractivity contribution is 5.89. The van der Waals surface area contributed by atoms with E-state index in [-0.39, 0.29) is 0 Å². The van der Waals surface area contributed by atoms with Crippen LogP contribution in [0.5, 0.6) is 0 Å². The highest BCUT2D eigenvalue weighted by atomic mass is 16.5. The molecular formula is C11H12N2O2. The molecule has 0 aliphatic rings. The number of hydrogen-bond acceptors (Lipinski definition) is 3. The average molecular weight is 204 g/mol. The van der Waals surface area contributed by atoms with Crippen molar-refractivity contribution >= 4 is 16.9 Å². The number of carbonyl (C=O) groups excluding carboxylic acids is 1. The molecule has 4 heteroatoms. The van der Waals surface area contributed by atoms with Crippen molar-refractivity contribution in [1.82, 2.24) is 4.98 Å². The lowest BCUT2D eigenvalue weighted by atomic mass is 10.1. The first-order valence-corrected chi connectivity index (χ1v) is 4.63. The van der Waals surface area contributed by atoms with E-state index in [9.17, 15) is 4.79 Å². The Balaban J connectivity index is 2.48. The normalized spacial score (nSPS) is 12.7. The summed E-state index contributed by atoms with van der Waals surface area (Å²) in [5.74, 6) is -0.431. The van der Waals surface area contributed by atoms with Crippen LogP contribution in [0, 0.1) is 0 Å². The minimum Gasteiger partial charge on any atom is -0.468 e. The van der Waals surface area contributed by atoms with Gasteiger partial charge in [-0.2, -0.15) is 0 Å². The van der Waals surface area contributed by atoms with E-state index in [2.05, 4.69) is 9.72 Å². The summed E-state index contributed by atoms with van der Waals surface area (Å²) in [4.78, 5) is 14.4. The van der Waals surface area contributed by atoms with Gasteiger partial charge in [0.1, 0.15) is 6.04 Å². The van der Waals surface area contributed by atoms with E-state index in [1.807, 2.05) is 24.3 Å². The van der Waals surface area contributed by atoms with Crippen LogP contribution >= 0.6 is 0 Å². The number of nitrogens with two attached hydrogens (primary N) is 1. The summed E-state index contributed by atoms with van der Waals surface area (Å²) in [5, 5.41) is 0.954. The molecule has 1 atom stereocenters. The highest BCUT2D eigenvalue weighted by Gasteiger charge is 2.19. The third-order valence-corrected chi connectivity index (χ3v) is 2.41. The Morgan fingerprint density at radius 3 is 2.93 bits per heavy atom. The summed E-state index contributed by atoms with van der Waals surface area (Å²) in [6.07, 6.45) is 1.74. The zero-order chi connectivity index (χ0) is 10.8. The maximum Gasteiger partial charge on any atom is 0.327 e. The van der Waals surface area contributed by atoms with Crippen LogP contribution in [0.25, 0.3) is 10.9 Å². The van der Waals surface area contributed by atoms with E-state index in [4.69, 9.17) is 5.73 Å². The van der Waals surface area contributed by atoms with Crippen LogP contribution in [0.2, 0.25) is 0 Å². The van der Waals surface area contributed by atoms with Gasteiger partial charge in [-0.3, -0.25) is 4.79 Å². The second-order valence-corrected chi connectivity index (χ2v) is 3.29. The molecule has 1 aromatic carbocycles. The second kappa shape index (κ2) is 3.74. The molecule has 0 aliphatic carbocycles. The number of esters is 1. The number of fused-ring (bicyclic) bond motifs is 1. The predicted octanol–water partition coefficient (Wildman–Crippen LogP) is 1.34. The fraction of sp³-hybridized carbons (Fsp3) is 0.182. The molecule has 0 aliphatic heterocycles. The van der Waals surface area contributed by atoms with Crippen LogP contribution < -0.4 is 5.73 Å². The Kier molecular flexibility index (Phi) is 2.43. The van der Waals surface area contributed by atoms with Gasteiger partial charge in [-0.05, 0) is 6.07 Å². The lowest BCUT2D eigenvalue weighted by Crippen LogP contribution is -2.22. The molecule has 15 heavy (non-hydrogen) atoms. The van der Waals surface area contributed by atoms with Crippen LogP contribution in [0.4, 0.5) is 0 Å². The molecule has 1 aromatic heterocycles. The summed E-state index contributed by atoms with van der Waals surface area (Å²) >= 11 is 0. The number of hydrogen-bond donors (Lipinski definition) is 2. The number of ether oxygens (including phenoxy) is 1. The SMILES string of the molecule is COC(=O)[C@H](N)c1c[nH]c2ccccc12. The molecule has 4 nitrogen and oxygen atoms in total. The highest BCUT2D eigenvalue weighted by Crippen LogP contribution is 2.23. The minimum absolute atomic E-state index is 0.431. The molecule has 1 heterocycles. The molecule has 78 valence electrons. The number of methoxy groups -OCH3 is 1. The summed E-state index contributed by atoms with van der Waals surface area (Å²) in [6.45, 7) is 0. The van der Waals surface area contributed by atoms with E-state index < -0.39 is 12.0 Å². The van der Waals surface area contributed by atoms with Crippen molar-refractivity contribution in [1.29, 1.82) is 0 Å². The fourth-order valence-corrected chi connectivity index (χ4v) is 1.61. The number of aromatic nitrogens is 1. The summed E-state index contributed by atoms with van der Waals surface area (Å²) < 4.78 is 4.61. The maximum atomic E-state index is 11.3. The van der Waals surface area contributed by atoms with Crippen molar-refractivity contribution in [3.05, 3.63) is 36.0 Å². The molecule has 0 fully saturated rings. The van der Waals surface area contributed by atoms with Gasteiger partial charge < -0.3 is 15.5 Å². The van der Waals surface area contributed by atoms with E-state index in [1.165, 1.54) is 7.11 Å². The van der Waals surface area contributed by atoms with Crippen LogP contribution in [-0.4, -0.2) is 18.1 Å². The van der Waals surface area contributed by atoms with Crippen molar-refractivity contribution in [2.45, 2.75) is 6.04 Å². The number of aromatic amines is 1. The lowest BCUT2D eigenvalue weighted by Gasteiger charge is -2.07. The number of para-hydroxylation sites is 1. The number of nitrogens with one attached hydrogen (secondary N) is 1. The predicted molar refractivity (Wildman–Crippen MR) is 57.2 cm³/mol. The number of benzene rings is 1. The van der Waals surface area contributed by atoms with Crippen LogP contribution in [0.1, 0.15) is 11.6 Å². The lowest BCUT2D eigenvalue weighted by molar-refractivity contribution is -0.142. The zero-order valence-corrected chi connectivity index (χ0v) is 8.36. The molecule has 0 unspecified atom stereocenters. The topological polar surface area (TPSA) is 68.1 Å². The first kappa shape index (κ1) is 9.73. The third-order valence-electron chi connectivity index (χ3n) is 2.41. The van der Waals surface area contributed by atoms with E-state index in [0.717, 1.165) is 16.5 Å². The molecule has 0 radical (unpaired) electrons. The van der Waals surface area contributed by atoms with Crippen LogP contribution in [0.3, 0.4) is 0 Å². The van der Waals surface area contributed by atoms with Crippen molar-refractivity contribution in [3.63, 3.8) is 0 Å². The largest absolute Gasteiger partial charge is 0.468 e. The number of carbonyl (C=O) groups is 1. The van der Waals surface area contributed by atoms with Crippen LogP contribution in [0.15, 0.2) is 30.5 Å². The Morgan fingerprint density at radius 2 is 2.20 bits per heavy atom. The summed E-state index contributed by atoms with van der Waals surface area (Å²) in [6, 6.07) is 6.95. The standard InChI is InChI=1S/C11H12N2O2/c1-15-11(14)10(12)8-6-13-9-5-3-2-4-7(8)9/h2-6,10,13H,12H2,1H3/t10-/m1/s1. The molecule has 2 aromatic rings. The van der Waals surface area contributed by atoms with Gasteiger partial charge in [0.05, 0.1) is 7.11 Å². The molecule has 3 N–H and O–H groups in total. The third kappa shape index (κ3) is 1.59. The first-order valence-electron chi connectivity index (χ1n) is 4.63. The van der Waals surface area contributed by atoms with Crippen LogP contribution in [-0.2, 0) is 9.53 Å². The van der Waals surface area contributed by atoms with Crippen molar-refractivity contribution in [2.24, 2.45) is 5.73 Å². The first-order chi connectivity index (χ1) is 7.24. The summed E-state index contributed by atoms with van der Waals surface area (Å²) in [7, 11) is 1.33. The second-order valence-electron chi connectivity index (χ2n) is 3.29. The summed E-state index contributed by atoms with van der Waals surface area (Å²) in [5.41, 5.74) is 7.49. The van der Waals surface area contributed by atoms with Gasteiger partial charge in [0.25, 0.3) is 0 Å². The van der Waals surface area contributed by atoms with Crippen molar-refractivity contribution < 1.29 is 9.53 Å². The van der Waals surface area contributed by atoms with Gasteiger partial charge in [-0.1, -0.05) is 18.2 Å². The Morgan fingerprint density at radius 1 is 1.47 bits per heavy atom. The minimum atomic E-state index is -0.730. The number of H-pyrrole nitrogens is 1. The molecule has 2 rings (SSSR count). The Hall–Kier alpha value is -1.81. The molecule has 0 bridgehead atoms. The average Bonchev–Trinajstić information content (AvgIpc) is 2.70. The number of rotatable bonds is 2. The quantitative estimate of drug-likeness (QED) is 0.725. The Bertz CT molecular complexity index is 490. The van der Waals surface area contributed by atoms with Gasteiger partial charge in [-0.15, -0.1) is 0 Å². The Labute approximate surface area is 87.0 Å². The van der Waals surface area contributed by atoms with Gasteiger partial charge in [0, 0.05) is 22.7 Å². The van der Waals surface area contributed by atoms with E-state index in [1.54, 1.807) is 6.20 Å². The molecule has 0 spiro atoms. The van der Waals surface area contributed by atoms with Gasteiger partial charge >= 0.3 is 5.97 Å². The maximum absolute atomic E-state index is 11.3. The smallest absolute Gasteiger partial charge is 0.327 e. The van der Waals surface area contributed by atoms with E-state index >= 15 is 0 Å². The van der Waals surface area contributed by atoms with Gasteiger partial charge in [0.2, 0.25) is 0 Å². The van der Waals surface area contributed by atoms with Gasteiger partial charge in [-0.25, -0.2) is 0 Å². The van der Waals surface area contributed by atoms with Gasteiger partial charge in [0.15, 0.2) is 0 Å². The molecular weight excluding hydrogens is 192 g/mol. The fourth-order valence-electron chi connectivity index (χ4n) is 1.61. The monoisotopic (exact) mass is 204 g/mol. The molecule has 0 amide bonds.